The second kappa shape index (κ2) is 10.4. The smallest absolute Gasteiger partial charge is 0.226 e. The van der Waals surface area contributed by atoms with Crippen LogP contribution < -0.4 is 20.7 Å². The number of benzene rings is 1. The fourth-order valence-corrected chi connectivity index (χ4v) is 3.42. The predicted molar refractivity (Wildman–Crippen MR) is 104 cm³/mol. The van der Waals surface area contributed by atoms with Gasteiger partial charge in [0.2, 0.25) is 11.8 Å². The molecule has 1 aromatic rings. The van der Waals surface area contributed by atoms with Gasteiger partial charge in [-0.15, -0.1) is 0 Å². The van der Waals surface area contributed by atoms with Crippen molar-refractivity contribution in [1.82, 2.24) is 10.6 Å². The van der Waals surface area contributed by atoms with Crippen LogP contribution in [0.15, 0.2) is 18.2 Å². The number of carbonyl (C=O) groups excluding carboxylic acids is 2. The summed E-state index contributed by atoms with van der Waals surface area (Å²) in [6.07, 6.45) is 2.95. The van der Waals surface area contributed by atoms with Gasteiger partial charge in [-0.25, -0.2) is 0 Å². The van der Waals surface area contributed by atoms with Crippen LogP contribution >= 0.6 is 11.6 Å². The molecule has 26 heavy (non-hydrogen) atoms. The number of nitrogens with one attached hydrogen (secondary N) is 3. The highest BCUT2D eigenvalue weighted by atomic mass is 35.5. The van der Waals surface area contributed by atoms with Crippen molar-refractivity contribution in [1.29, 1.82) is 0 Å². The molecule has 0 aromatic heterocycles. The first kappa shape index (κ1) is 20.5. The van der Waals surface area contributed by atoms with Crippen LogP contribution in [0.5, 0.6) is 5.75 Å². The molecule has 1 saturated heterocycles. The summed E-state index contributed by atoms with van der Waals surface area (Å²) < 4.78 is 5.20. The van der Waals surface area contributed by atoms with Gasteiger partial charge >= 0.3 is 0 Å². The Morgan fingerprint density at radius 3 is 2.73 bits per heavy atom. The predicted octanol–water partition coefficient (Wildman–Crippen LogP) is 2.82. The average molecular weight is 382 g/mol. The molecule has 144 valence electrons. The lowest BCUT2D eigenvalue weighted by atomic mass is 9.84. The van der Waals surface area contributed by atoms with Crippen molar-refractivity contribution in [3.63, 3.8) is 0 Å². The highest BCUT2D eigenvalue weighted by molar-refractivity contribution is 6.31. The maximum atomic E-state index is 12.1. The van der Waals surface area contributed by atoms with E-state index in [1.807, 2.05) is 0 Å². The number of hydrogen-bond donors (Lipinski definition) is 3. The molecule has 2 rings (SSSR count). The average Bonchev–Trinajstić information content (AvgIpc) is 2.62. The van der Waals surface area contributed by atoms with Gasteiger partial charge in [0, 0.05) is 24.4 Å². The lowest BCUT2D eigenvalue weighted by Gasteiger charge is -2.27. The number of halogens is 1. The highest BCUT2D eigenvalue weighted by Gasteiger charge is 2.21. The van der Waals surface area contributed by atoms with Gasteiger partial charge in [0.25, 0.3) is 0 Å². The first-order valence-electron chi connectivity index (χ1n) is 9.10. The van der Waals surface area contributed by atoms with Crippen LogP contribution in [0.4, 0.5) is 5.69 Å². The van der Waals surface area contributed by atoms with Crippen molar-refractivity contribution in [3.05, 3.63) is 23.2 Å². The molecule has 1 heterocycles. The van der Waals surface area contributed by atoms with E-state index in [1.54, 1.807) is 18.2 Å². The molecular formula is C19H28ClN3O3. The first-order valence-corrected chi connectivity index (χ1v) is 9.48. The summed E-state index contributed by atoms with van der Waals surface area (Å²) in [6, 6.07) is 5.03. The van der Waals surface area contributed by atoms with Gasteiger partial charge < -0.3 is 20.7 Å². The second-order valence-electron chi connectivity index (χ2n) is 6.76. The molecule has 0 radical (unpaired) electrons. The van der Waals surface area contributed by atoms with E-state index in [4.69, 9.17) is 16.3 Å². The quantitative estimate of drug-likeness (QED) is 0.647. The molecule has 6 nitrogen and oxygen atoms in total. The lowest BCUT2D eigenvalue weighted by Crippen LogP contribution is -2.34. The van der Waals surface area contributed by atoms with Crippen LogP contribution in [0.1, 0.15) is 32.6 Å². The lowest BCUT2D eigenvalue weighted by molar-refractivity contribution is -0.122. The van der Waals surface area contributed by atoms with Crippen LogP contribution in [0.2, 0.25) is 5.02 Å². The standard InChI is InChI=1S/C19H28ClN3O3/c1-13(14-5-8-21-9-6-14)11-19(25)22-10-7-18(24)23-16-12-15(20)3-4-17(16)26-2/h3-4,12-14,21H,5-11H2,1-2H3,(H,22,25)(H,23,24). The minimum Gasteiger partial charge on any atom is -0.495 e. The number of hydrogen-bond acceptors (Lipinski definition) is 4. The highest BCUT2D eigenvalue weighted by Crippen LogP contribution is 2.27. The molecule has 3 N–H and O–H groups in total. The Labute approximate surface area is 160 Å². The number of carbonyl (C=O) groups is 2. The number of piperidine rings is 1. The van der Waals surface area contributed by atoms with E-state index >= 15 is 0 Å². The zero-order valence-corrected chi connectivity index (χ0v) is 16.2. The summed E-state index contributed by atoms with van der Waals surface area (Å²) in [4.78, 5) is 24.2. The Kier molecular flexibility index (Phi) is 8.19. The van der Waals surface area contributed by atoms with E-state index in [2.05, 4.69) is 22.9 Å². The van der Waals surface area contributed by atoms with Gasteiger partial charge in [0.15, 0.2) is 0 Å². The van der Waals surface area contributed by atoms with Crippen molar-refractivity contribution >= 4 is 29.1 Å². The van der Waals surface area contributed by atoms with Gasteiger partial charge in [0.1, 0.15) is 5.75 Å². The van der Waals surface area contributed by atoms with E-state index < -0.39 is 0 Å². The Balaban J connectivity index is 1.70. The molecule has 0 saturated carbocycles. The Morgan fingerprint density at radius 2 is 2.04 bits per heavy atom. The molecule has 7 heteroatoms. The van der Waals surface area contributed by atoms with E-state index in [1.165, 1.54) is 7.11 Å². The molecule has 1 aliphatic rings. The third-order valence-corrected chi connectivity index (χ3v) is 5.04. The maximum absolute atomic E-state index is 12.1. The minimum atomic E-state index is -0.197. The van der Waals surface area contributed by atoms with Crippen LogP contribution in [0, 0.1) is 11.8 Å². The monoisotopic (exact) mass is 381 g/mol. The normalized spacial score (nSPS) is 16.0. The molecule has 0 spiro atoms. The second-order valence-corrected chi connectivity index (χ2v) is 7.20. The van der Waals surface area contributed by atoms with E-state index in [-0.39, 0.29) is 18.2 Å². The number of ether oxygens (including phenoxy) is 1. The van der Waals surface area contributed by atoms with Crippen molar-refractivity contribution in [3.8, 4) is 5.75 Å². The number of amides is 2. The molecule has 1 atom stereocenters. The van der Waals surface area contributed by atoms with E-state index in [0.29, 0.717) is 41.3 Å². The van der Waals surface area contributed by atoms with Gasteiger partial charge in [-0.1, -0.05) is 18.5 Å². The molecule has 1 unspecified atom stereocenters. The van der Waals surface area contributed by atoms with Crippen molar-refractivity contribution in [2.75, 3.05) is 32.1 Å². The van der Waals surface area contributed by atoms with Crippen molar-refractivity contribution in [2.45, 2.75) is 32.6 Å². The summed E-state index contributed by atoms with van der Waals surface area (Å²) in [5, 5.41) is 9.45. The minimum absolute atomic E-state index is 0.00386. The SMILES string of the molecule is COc1ccc(Cl)cc1NC(=O)CCNC(=O)CC(C)C1CCNCC1. The zero-order chi connectivity index (χ0) is 18.9. The Bertz CT molecular complexity index is 618. The number of rotatable bonds is 8. The number of methoxy groups -OCH3 is 1. The van der Waals surface area contributed by atoms with Gasteiger partial charge in [0.05, 0.1) is 12.8 Å². The van der Waals surface area contributed by atoms with Crippen LogP contribution in [-0.4, -0.2) is 38.6 Å². The third kappa shape index (κ3) is 6.50. The largest absolute Gasteiger partial charge is 0.495 e. The van der Waals surface area contributed by atoms with E-state index in [9.17, 15) is 9.59 Å². The summed E-state index contributed by atoms with van der Waals surface area (Å²) in [6.45, 7) is 4.51. The van der Waals surface area contributed by atoms with Crippen molar-refractivity contribution < 1.29 is 14.3 Å². The van der Waals surface area contributed by atoms with E-state index in [0.717, 1.165) is 25.9 Å². The van der Waals surface area contributed by atoms with Gasteiger partial charge in [-0.3, -0.25) is 9.59 Å². The molecule has 1 aliphatic heterocycles. The summed E-state index contributed by atoms with van der Waals surface area (Å²) in [5.74, 6) is 1.31. The molecule has 0 aliphatic carbocycles. The van der Waals surface area contributed by atoms with Crippen LogP contribution in [-0.2, 0) is 9.59 Å². The molecule has 1 fully saturated rings. The summed E-state index contributed by atoms with van der Waals surface area (Å²) in [7, 11) is 1.53. The fourth-order valence-electron chi connectivity index (χ4n) is 3.25. The summed E-state index contributed by atoms with van der Waals surface area (Å²) >= 11 is 5.95. The van der Waals surface area contributed by atoms with Crippen LogP contribution in [0.3, 0.4) is 0 Å². The molecule has 2 amide bonds. The summed E-state index contributed by atoms with van der Waals surface area (Å²) in [5.41, 5.74) is 0.524. The third-order valence-electron chi connectivity index (χ3n) is 4.81. The Hall–Kier alpha value is -1.79. The van der Waals surface area contributed by atoms with Crippen LogP contribution in [0.25, 0.3) is 0 Å². The van der Waals surface area contributed by atoms with Gasteiger partial charge in [-0.2, -0.15) is 0 Å². The molecule has 1 aromatic carbocycles. The number of anilines is 1. The van der Waals surface area contributed by atoms with Gasteiger partial charge in [-0.05, 0) is 56.0 Å². The molecule has 0 bridgehead atoms. The Morgan fingerprint density at radius 1 is 1.31 bits per heavy atom. The molecular weight excluding hydrogens is 354 g/mol. The maximum Gasteiger partial charge on any atom is 0.226 e. The first-order chi connectivity index (χ1) is 12.5. The topological polar surface area (TPSA) is 79.5 Å². The van der Waals surface area contributed by atoms with Crippen molar-refractivity contribution in [2.24, 2.45) is 11.8 Å². The fraction of sp³-hybridized carbons (Fsp3) is 0.579. The zero-order valence-electron chi connectivity index (χ0n) is 15.4.